The number of nitrogens with two attached hydrogens (primary N) is 4. The van der Waals surface area contributed by atoms with E-state index in [0.29, 0.717) is 0 Å². The summed E-state index contributed by atoms with van der Waals surface area (Å²) < 4.78 is 0. The molecule has 8 heavy (non-hydrogen) atoms. The number of hydrogen-bond donors (Lipinski definition) is 5. The smallest absolute Gasteiger partial charge is 0.300 e. The second kappa shape index (κ2) is 33.3. The first-order chi connectivity index (χ1) is 3.73. The quantitative estimate of drug-likeness (QED) is 0.182. The van der Waals surface area contributed by atoms with Gasteiger partial charge in [-0.25, -0.2) is 0 Å². The minimum Gasteiger partial charge on any atom is -0.481 e. The molecule has 0 saturated carbocycles. The minimum atomic E-state index is -0.833. The van der Waals surface area contributed by atoms with Crippen LogP contribution in [0.1, 0.15) is 6.92 Å². The van der Waals surface area contributed by atoms with Crippen molar-refractivity contribution in [2.75, 3.05) is 0 Å². The van der Waals surface area contributed by atoms with Gasteiger partial charge in [-0.1, -0.05) is 0 Å². The van der Waals surface area contributed by atoms with Crippen molar-refractivity contribution in [1.82, 2.24) is 0 Å². The predicted molar refractivity (Wildman–Crippen MR) is 30.1 cm³/mol. The van der Waals surface area contributed by atoms with Crippen molar-refractivity contribution in [1.29, 1.82) is 0 Å². The molecule has 6 nitrogen and oxygen atoms in total. The summed E-state index contributed by atoms with van der Waals surface area (Å²) >= 11 is 0. The van der Waals surface area contributed by atoms with E-state index >= 15 is 0 Å². The summed E-state index contributed by atoms with van der Waals surface area (Å²) in [6.45, 7) is 1.08. The molecule has 0 rings (SSSR count). The summed E-state index contributed by atoms with van der Waals surface area (Å²) in [5.41, 5.74) is 0. The van der Waals surface area contributed by atoms with Crippen LogP contribution in [0.5, 0.6) is 0 Å². The zero-order valence-electron chi connectivity index (χ0n) is 4.66. The van der Waals surface area contributed by atoms with E-state index in [2.05, 4.69) is 23.4 Å². The van der Waals surface area contributed by atoms with Gasteiger partial charge in [0.2, 0.25) is 0 Å². The number of carbonyl (C=O) groups is 1. The molecule has 0 amide bonds. The number of carboxylic acid groups (broad SMARTS) is 1. The first-order valence-corrected chi connectivity index (χ1v) is 1.59. The molecule has 0 aromatic heterocycles. The van der Waals surface area contributed by atoms with Crippen molar-refractivity contribution < 1.29 is 9.90 Å². The summed E-state index contributed by atoms with van der Waals surface area (Å²) in [4.78, 5) is 9.00. The molecule has 0 aliphatic heterocycles. The molecule has 0 atom stereocenters. The van der Waals surface area contributed by atoms with Crippen LogP contribution in [0.25, 0.3) is 0 Å². The van der Waals surface area contributed by atoms with Crippen molar-refractivity contribution in [3.63, 3.8) is 0 Å². The van der Waals surface area contributed by atoms with Gasteiger partial charge in [-0.3, -0.25) is 28.2 Å². The highest BCUT2D eigenvalue weighted by Crippen LogP contribution is 1.42. The zero-order chi connectivity index (χ0) is 7.58. The summed E-state index contributed by atoms with van der Waals surface area (Å²) in [5.74, 6) is 15.2. The van der Waals surface area contributed by atoms with Gasteiger partial charge in [-0.15, -0.1) is 0 Å². The summed E-state index contributed by atoms with van der Waals surface area (Å²) in [5, 5.41) is 7.42. The normalized spacial score (nSPS) is 4.62. The first-order valence-electron chi connectivity index (χ1n) is 1.59. The molecule has 0 aliphatic carbocycles. The Morgan fingerprint density at radius 3 is 1.25 bits per heavy atom. The molecule has 0 aliphatic rings. The fraction of sp³-hybridized carbons (Fsp3) is 0.500. The molecule has 0 spiro atoms. The highest BCUT2D eigenvalue weighted by Gasteiger charge is 1.65. The van der Waals surface area contributed by atoms with Crippen molar-refractivity contribution in [2.45, 2.75) is 6.92 Å². The van der Waals surface area contributed by atoms with E-state index in [1.54, 1.807) is 0 Å². The Hall–Kier alpha value is -0.690. The maximum Gasteiger partial charge on any atom is 0.300 e. The SMILES string of the molecule is CC(=O)O.NN.NN. The van der Waals surface area contributed by atoms with Gasteiger partial charge < -0.3 is 5.11 Å². The molecule has 0 radical (unpaired) electrons. The van der Waals surface area contributed by atoms with Crippen molar-refractivity contribution >= 4 is 5.97 Å². The number of hydrazine groups is 2. The fourth-order valence-electron chi connectivity index (χ4n) is 0. The average Bonchev–Trinajstić information content (AvgIpc) is 1.75. The molecule has 0 saturated heterocycles. The van der Waals surface area contributed by atoms with Crippen LogP contribution < -0.4 is 23.4 Å². The van der Waals surface area contributed by atoms with E-state index in [1.165, 1.54) is 0 Å². The third-order valence-electron chi connectivity index (χ3n) is 0. The molecule has 0 fully saturated rings. The third-order valence-corrected chi connectivity index (χ3v) is 0. The maximum absolute atomic E-state index is 9.00. The van der Waals surface area contributed by atoms with Crippen LogP contribution in [0.15, 0.2) is 0 Å². The highest BCUT2D eigenvalue weighted by molar-refractivity contribution is 5.62. The predicted octanol–water partition coefficient (Wildman–Crippen LogP) is -2.27. The van der Waals surface area contributed by atoms with E-state index in [0.717, 1.165) is 6.92 Å². The Bertz CT molecular complexity index is 35.0. The Morgan fingerprint density at radius 2 is 1.25 bits per heavy atom. The van der Waals surface area contributed by atoms with Gasteiger partial charge in [-0.2, -0.15) is 0 Å². The third kappa shape index (κ3) is 207. The van der Waals surface area contributed by atoms with E-state index in [1.807, 2.05) is 0 Å². The second-order valence-corrected chi connectivity index (χ2v) is 0.519. The molecule has 0 bridgehead atoms. The van der Waals surface area contributed by atoms with Crippen LogP contribution in [0, 0.1) is 0 Å². The number of hydrogen-bond acceptors (Lipinski definition) is 5. The van der Waals surface area contributed by atoms with Crippen LogP contribution in [0.4, 0.5) is 0 Å². The van der Waals surface area contributed by atoms with Crippen LogP contribution in [-0.4, -0.2) is 11.1 Å². The molecule has 52 valence electrons. The Kier molecular flexibility index (Phi) is 65.3. The lowest BCUT2D eigenvalue weighted by molar-refractivity contribution is -0.134. The van der Waals surface area contributed by atoms with Gasteiger partial charge in [0.15, 0.2) is 0 Å². The molecule has 0 heterocycles. The average molecular weight is 124 g/mol. The van der Waals surface area contributed by atoms with Crippen LogP contribution in [0.2, 0.25) is 0 Å². The van der Waals surface area contributed by atoms with Gasteiger partial charge in [0, 0.05) is 6.92 Å². The number of aliphatic carboxylic acids is 1. The first kappa shape index (κ1) is 15.7. The Labute approximate surface area is 47.4 Å². The van der Waals surface area contributed by atoms with Crippen LogP contribution in [-0.2, 0) is 4.79 Å². The molecule has 0 unspecified atom stereocenters. The summed E-state index contributed by atoms with van der Waals surface area (Å²) in [7, 11) is 0. The van der Waals surface area contributed by atoms with E-state index in [-0.39, 0.29) is 0 Å². The molecule has 6 heteroatoms. The van der Waals surface area contributed by atoms with Gasteiger partial charge in [0.25, 0.3) is 5.97 Å². The van der Waals surface area contributed by atoms with Gasteiger partial charge >= 0.3 is 0 Å². The molecule has 9 N–H and O–H groups in total. The summed E-state index contributed by atoms with van der Waals surface area (Å²) in [6.07, 6.45) is 0. The topological polar surface area (TPSA) is 141 Å². The molecule has 0 aromatic carbocycles. The number of carboxylic acids is 1. The lowest BCUT2D eigenvalue weighted by atomic mass is 10.9. The largest absolute Gasteiger partial charge is 0.481 e. The Morgan fingerprint density at radius 1 is 1.25 bits per heavy atom. The lowest BCUT2D eigenvalue weighted by Gasteiger charge is -1.59. The van der Waals surface area contributed by atoms with E-state index < -0.39 is 5.97 Å². The van der Waals surface area contributed by atoms with Gasteiger partial charge in [-0.05, 0) is 0 Å². The monoisotopic (exact) mass is 124 g/mol. The molecular weight excluding hydrogens is 112 g/mol. The maximum atomic E-state index is 9.00. The summed E-state index contributed by atoms with van der Waals surface area (Å²) in [6, 6.07) is 0. The van der Waals surface area contributed by atoms with Crippen LogP contribution >= 0.6 is 0 Å². The van der Waals surface area contributed by atoms with Crippen molar-refractivity contribution in [2.24, 2.45) is 23.4 Å². The fourth-order valence-corrected chi connectivity index (χ4v) is 0. The van der Waals surface area contributed by atoms with Gasteiger partial charge in [0.05, 0.1) is 0 Å². The lowest BCUT2D eigenvalue weighted by Crippen LogP contribution is -2.02. The Balaban J connectivity index is -0.0000000542. The van der Waals surface area contributed by atoms with Crippen molar-refractivity contribution in [3.8, 4) is 0 Å². The second-order valence-electron chi connectivity index (χ2n) is 0.519. The highest BCUT2D eigenvalue weighted by atomic mass is 16.4. The standard InChI is InChI=1S/C2H4O2.2H4N2/c1-2(3)4;2*1-2/h1H3,(H,3,4);2*1-2H2. The molecular formula is C2H12N4O2. The van der Waals surface area contributed by atoms with E-state index in [4.69, 9.17) is 9.90 Å². The van der Waals surface area contributed by atoms with Crippen molar-refractivity contribution in [3.05, 3.63) is 0 Å². The van der Waals surface area contributed by atoms with Crippen LogP contribution in [0.3, 0.4) is 0 Å². The zero-order valence-corrected chi connectivity index (χ0v) is 4.66. The minimum absolute atomic E-state index is 0.833. The van der Waals surface area contributed by atoms with Gasteiger partial charge in [0.1, 0.15) is 0 Å². The number of rotatable bonds is 0. The van der Waals surface area contributed by atoms with E-state index in [9.17, 15) is 0 Å². The molecule has 0 aromatic rings.